The van der Waals surface area contributed by atoms with Crippen LogP contribution in [0.5, 0.6) is 0 Å². The summed E-state index contributed by atoms with van der Waals surface area (Å²) in [6.45, 7) is 2.74. The molecule has 1 aromatic heterocycles. The summed E-state index contributed by atoms with van der Waals surface area (Å²) in [5, 5.41) is 17.1. The number of halogens is 1. The first kappa shape index (κ1) is 15.5. The minimum atomic E-state index is -0.419. The van der Waals surface area contributed by atoms with Crippen molar-refractivity contribution in [3.8, 4) is 0 Å². The Hall–Kier alpha value is -1.90. The minimum Gasteiger partial charge on any atom is -0.370 e. The molecule has 0 atom stereocenters. The van der Waals surface area contributed by atoms with Crippen LogP contribution in [-0.2, 0) is 0 Å². The zero-order valence-corrected chi connectivity index (χ0v) is 13.6. The lowest BCUT2D eigenvalue weighted by Crippen LogP contribution is -2.05. The molecule has 110 valence electrons. The van der Waals surface area contributed by atoms with E-state index in [4.69, 9.17) is 0 Å². The van der Waals surface area contributed by atoms with Crippen molar-refractivity contribution in [1.29, 1.82) is 0 Å². The molecular weight excluding hydrogens is 383 g/mol. The Kier molecular flexibility index (Phi) is 5.32. The maximum absolute atomic E-state index is 11.0. The van der Waals surface area contributed by atoms with Gasteiger partial charge in [0.1, 0.15) is 11.6 Å². The van der Waals surface area contributed by atoms with Crippen molar-refractivity contribution in [2.45, 2.75) is 13.3 Å². The Balaban J connectivity index is 2.26. The first-order chi connectivity index (χ1) is 10.1. The number of anilines is 3. The lowest BCUT2D eigenvalue weighted by molar-refractivity contribution is -0.384. The molecular formula is C14H15IN4O2. The molecule has 1 heterocycles. The summed E-state index contributed by atoms with van der Waals surface area (Å²) < 4.78 is 1.12. The molecule has 7 heteroatoms. The van der Waals surface area contributed by atoms with Crippen molar-refractivity contribution >= 4 is 45.6 Å². The second kappa shape index (κ2) is 7.21. The molecule has 0 amide bonds. The lowest BCUT2D eigenvalue weighted by atomic mass is 10.3. The van der Waals surface area contributed by atoms with E-state index < -0.39 is 4.92 Å². The predicted molar refractivity (Wildman–Crippen MR) is 92.1 cm³/mol. The van der Waals surface area contributed by atoms with Crippen LogP contribution in [-0.4, -0.2) is 16.5 Å². The average Bonchev–Trinajstić information content (AvgIpc) is 2.47. The Morgan fingerprint density at radius 2 is 1.90 bits per heavy atom. The van der Waals surface area contributed by atoms with Crippen LogP contribution in [0, 0.1) is 13.7 Å². The van der Waals surface area contributed by atoms with Gasteiger partial charge in [-0.05, 0) is 53.3 Å². The van der Waals surface area contributed by atoms with Gasteiger partial charge in [-0.1, -0.05) is 6.92 Å². The van der Waals surface area contributed by atoms with Gasteiger partial charge in [-0.3, -0.25) is 10.1 Å². The first-order valence-electron chi connectivity index (χ1n) is 6.51. The molecule has 0 saturated heterocycles. The molecule has 0 aliphatic heterocycles. The van der Waals surface area contributed by atoms with E-state index in [1.54, 1.807) is 0 Å². The summed E-state index contributed by atoms with van der Waals surface area (Å²) in [4.78, 5) is 14.9. The molecule has 0 aliphatic carbocycles. The monoisotopic (exact) mass is 398 g/mol. The zero-order chi connectivity index (χ0) is 15.2. The van der Waals surface area contributed by atoms with E-state index in [9.17, 15) is 10.1 Å². The zero-order valence-electron chi connectivity index (χ0n) is 11.5. The van der Waals surface area contributed by atoms with E-state index >= 15 is 0 Å². The molecule has 2 aromatic rings. The van der Waals surface area contributed by atoms with Crippen molar-refractivity contribution < 1.29 is 4.92 Å². The van der Waals surface area contributed by atoms with E-state index in [1.165, 1.54) is 12.1 Å². The van der Waals surface area contributed by atoms with Crippen molar-refractivity contribution in [3.63, 3.8) is 0 Å². The number of nitrogens with one attached hydrogen (secondary N) is 2. The van der Waals surface area contributed by atoms with Gasteiger partial charge in [-0.2, -0.15) is 0 Å². The fourth-order valence-electron chi connectivity index (χ4n) is 1.71. The number of nitrogens with zero attached hydrogens (tertiary/aromatic N) is 2. The Bertz CT molecular complexity index is 631. The van der Waals surface area contributed by atoms with E-state index in [0.717, 1.165) is 22.2 Å². The third kappa shape index (κ3) is 4.55. The van der Waals surface area contributed by atoms with E-state index in [2.05, 4.69) is 38.2 Å². The van der Waals surface area contributed by atoms with Gasteiger partial charge in [0, 0.05) is 15.8 Å². The first-order valence-corrected chi connectivity index (χ1v) is 7.59. The van der Waals surface area contributed by atoms with Crippen molar-refractivity contribution in [1.82, 2.24) is 4.98 Å². The van der Waals surface area contributed by atoms with Gasteiger partial charge >= 0.3 is 0 Å². The highest BCUT2D eigenvalue weighted by Crippen LogP contribution is 2.23. The van der Waals surface area contributed by atoms with E-state index in [1.807, 2.05) is 31.2 Å². The molecule has 2 rings (SSSR count). The van der Waals surface area contributed by atoms with Crippen molar-refractivity contribution in [2.24, 2.45) is 0 Å². The molecule has 0 saturated carbocycles. The third-order valence-corrected chi connectivity index (χ3v) is 3.41. The predicted octanol–water partition coefficient (Wildman–Crippen LogP) is 4.16. The van der Waals surface area contributed by atoms with Crippen LogP contribution in [0.2, 0.25) is 0 Å². The van der Waals surface area contributed by atoms with Crippen molar-refractivity contribution in [3.05, 3.63) is 50.1 Å². The number of hydrogen-bond acceptors (Lipinski definition) is 5. The molecule has 2 N–H and O–H groups in total. The SMILES string of the molecule is CCCNc1cc([N+](=O)[O-])cc(Nc2ccc(I)cc2)n1. The summed E-state index contributed by atoms with van der Waals surface area (Å²) in [6, 6.07) is 10.6. The van der Waals surface area contributed by atoms with Gasteiger partial charge < -0.3 is 10.6 Å². The number of benzene rings is 1. The summed E-state index contributed by atoms with van der Waals surface area (Å²) in [5.74, 6) is 0.947. The average molecular weight is 398 g/mol. The highest BCUT2D eigenvalue weighted by atomic mass is 127. The fraction of sp³-hybridized carbons (Fsp3) is 0.214. The van der Waals surface area contributed by atoms with E-state index in [0.29, 0.717) is 11.6 Å². The quantitative estimate of drug-likeness (QED) is 0.434. The molecule has 21 heavy (non-hydrogen) atoms. The van der Waals surface area contributed by atoms with Crippen LogP contribution in [0.4, 0.5) is 23.0 Å². The van der Waals surface area contributed by atoms with Gasteiger partial charge in [0.25, 0.3) is 5.69 Å². The van der Waals surface area contributed by atoms with Gasteiger partial charge in [-0.25, -0.2) is 4.98 Å². The molecule has 0 radical (unpaired) electrons. The fourth-order valence-corrected chi connectivity index (χ4v) is 2.07. The smallest absolute Gasteiger partial charge is 0.276 e. The van der Waals surface area contributed by atoms with Crippen LogP contribution in [0.1, 0.15) is 13.3 Å². The van der Waals surface area contributed by atoms with Crippen LogP contribution in [0.15, 0.2) is 36.4 Å². The standard InChI is InChI=1S/C14H15IN4O2/c1-2-7-16-13-8-12(19(20)21)9-14(18-13)17-11-5-3-10(15)4-6-11/h3-6,8-9H,2,7H2,1H3,(H2,16,17,18). The van der Waals surface area contributed by atoms with E-state index in [-0.39, 0.29) is 5.69 Å². The Labute approximate surface area is 136 Å². The lowest BCUT2D eigenvalue weighted by Gasteiger charge is -2.09. The third-order valence-electron chi connectivity index (χ3n) is 2.69. The Morgan fingerprint density at radius 1 is 1.24 bits per heavy atom. The molecule has 0 aliphatic rings. The molecule has 0 unspecified atom stereocenters. The number of aromatic nitrogens is 1. The van der Waals surface area contributed by atoms with Crippen LogP contribution in [0.3, 0.4) is 0 Å². The second-order valence-electron chi connectivity index (χ2n) is 4.41. The van der Waals surface area contributed by atoms with Gasteiger partial charge in [0.05, 0.1) is 17.1 Å². The summed E-state index contributed by atoms with van der Waals surface area (Å²) in [5.41, 5.74) is 0.849. The molecule has 6 nitrogen and oxygen atoms in total. The highest BCUT2D eigenvalue weighted by molar-refractivity contribution is 14.1. The number of nitro groups is 1. The van der Waals surface area contributed by atoms with Crippen LogP contribution >= 0.6 is 22.6 Å². The normalized spacial score (nSPS) is 10.2. The topological polar surface area (TPSA) is 80.1 Å². The second-order valence-corrected chi connectivity index (χ2v) is 5.66. The largest absolute Gasteiger partial charge is 0.370 e. The van der Waals surface area contributed by atoms with Gasteiger partial charge in [-0.15, -0.1) is 0 Å². The summed E-state index contributed by atoms with van der Waals surface area (Å²) >= 11 is 2.22. The number of rotatable bonds is 6. The van der Waals surface area contributed by atoms with Crippen molar-refractivity contribution in [2.75, 3.05) is 17.2 Å². The summed E-state index contributed by atoms with van der Waals surface area (Å²) in [6.07, 6.45) is 0.921. The van der Waals surface area contributed by atoms with Crippen LogP contribution in [0.25, 0.3) is 0 Å². The maximum atomic E-state index is 11.0. The Morgan fingerprint density at radius 3 is 2.52 bits per heavy atom. The molecule has 1 aromatic carbocycles. The summed E-state index contributed by atoms with van der Waals surface area (Å²) in [7, 11) is 0. The number of pyridine rings is 1. The molecule has 0 fully saturated rings. The minimum absolute atomic E-state index is 0.0108. The molecule has 0 spiro atoms. The maximum Gasteiger partial charge on any atom is 0.276 e. The number of hydrogen-bond donors (Lipinski definition) is 2. The van der Waals surface area contributed by atoms with Gasteiger partial charge in [0.15, 0.2) is 0 Å². The van der Waals surface area contributed by atoms with Crippen LogP contribution < -0.4 is 10.6 Å². The highest BCUT2D eigenvalue weighted by Gasteiger charge is 2.11. The molecule has 0 bridgehead atoms. The van der Waals surface area contributed by atoms with Gasteiger partial charge in [0.2, 0.25) is 0 Å².